The first-order valence-corrected chi connectivity index (χ1v) is 4.08. The second kappa shape index (κ2) is 4.23. The van der Waals surface area contributed by atoms with E-state index >= 15 is 0 Å². The van der Waals surface area contributed by atoms with Crippen LogP contribution in [0, 0.1) is 0 Å². The van der Waals surface area contributed by atoms with Gasteiger partial charge in [0.1, 0.15) is 5.75 Å². The number of allylic oxidation sites excluding steroid dienone is 2. The van der Waals surface area contributed by atoms with Crippen molar-refractivity contribution in [3.8, 4) is 5.75 Å². The average molecular weight is 191 g/mol. The van der Waals surface area contributed by atoms with E-state index in [-0.39, 0.29) is 11.6 Å². The quantitative estimate of drug-likeness (QED) is 0.510. The smallest absolute Gasteiger partial charge is 0.124 e. The molecule has 4 heteroatoms. The molecule has 0 aliphatic carbocycles. The highest BCUT2D eigenvalue weighted by atomic mass is 16.3. The van der Waals surface area contributed by atoms with Crippen LogP contribution in [-0.2, 0) is 0 Å². The maximum absolute atomic E-state index is 9.44. The van der Waals surface area contributed by atoms with E-state index in [0.717, 1.165) is 0 Å². The molecule has 4 nitrogen and oxygen atoms in total. The Morgan fingerprint density at radius 3 is 2.29 bits per heavy atom. The van der Waals surface area contributed by atoms with Crippen LogP contribution in [0.15, 0.2) is 42.2 Å². The van der Waals surface area contributed by atoms with Crippen LogP contribution in [0.25, 0.3) is 5.70 Å². The van der Waals surface area contributed by atoms with Crippen molar-refractivity contribution in [1.29, 1.82) is 0 Å². The first kappa shape index (κ1) is 9.98. The molecule has 0 bridgehead atoms. The predicted octanol–water partition coefficient (Wildman–Crippen LogP) is 0.451. The van der Waals surface area contributed by atoms with Crippen LogP contribution in [0.4, 0.5) is 0 Å². The van der Waals surface area contributed by atoms with Crippen LogP contribution in [-0.4, -0.2) is 5.11 Å². The van der Waals surface area contributed by atoms with E-state index in [0.29, 0.717) is 11.3 Å². The van der Waals surface area contributed by atoms with Gasteiger partial charge in [0.05, 0.1) is 5.82 Å². The number of nitrogens with two attached hydrogens (primary N) is 3. The van der Waals surface area contributed by atoms with Crippen LogP contribution in [0.3, 0.4) is 0 Å². The Bertz CT molecular complexity index is 379. The van der Waals surface area contributed by atoms with Gasteiger partial charge in [-0.15, -0.1) is 0 Å². The van der Waals surface area contributed by atoms with E-state index in [4.69, 9.17) is 17.2 Å². The van der Waals surface area contributed by atoms with E-state index in [1.165, 1.54) is 6.08 Å². The molecule has 0 aromatic heterocycles. The highest BCUT2D eigenvalue weighted by Gasteiger charge is 2.00. The number of phenols is 1. The van der Waals surface area contributed by atoms with Crippen LogP contribution in [0.1, 0.15) is 5.56 Å². The van der Waals surface area contributed by atoms with Gasteiger partial charge in [0, 0.05) is 11.3 Å². The molecule has 0 amide bonds. The highest BCUT2D eigenvalue weighted by molar-refractivity contribution is 5.68. The number of phenolic OH excluding ortho intramolecular Hbond substituents is 1. The first-order chi connectivity index (χ1) is 6.61. The Hall–Kier alpha value is -2.10. The van der Waals surface area contributed by atoms with Crippen molar-refractivity contribution in [1.82, 2.24) is 0 Å². The van der Waals surface area contributed by atoms with Crippen molar-refractivity contribution in [2.45, 2.75) is 0 Å². The largest absolute Gasteiger partial charge is 0.507 e. The minimum atomic E-state index is 0.130. The minimum Gasteiger partial charge on any atom is -0.507 e. The summed E-state index contributed by atoms with van der Waals surface area (Å²) in [5.74, 6) is 0.300. The summed E-state index contributed by atoms with van der Waals surface area (Å²) < 4.78 is 0. The molecule has 0 spiro atoms. The normalized spacial score (nSPS) is 11.0. The molecule has 0 unspecified atom stereocenters. The van der Waals surface area contributed by atoms with Gasteiger partial charge in [-0.2, -0.15) is 0 Å². The number of hydrogen-bond acceptors (Lipinski definition) is 4. The summed E-state index contributed by atoms with van der Waals surface area (Å²) in [6, 6.07) is 6.78. The molecular formula is C10H13N3O. The fraction of sp³-hybridized carbons (Fsp3) is 0. The molecule has 14 heavy (non-hydrogen) atoms. The summed E-state index contributed by atoms with van der Waals surface area (Å²) in [6.45, 7) is 0. The molecule has 1 rings (SSSR count). The summed E-state index contributed by atoms with van der Waals surface area (Å²) in [5.41, 5.74) is 17.1. The first-order valence-electron chi connectivity index (χ1n) is 4.08. The SMILES string of the molecule is NC(N)=C/C=C(\N)c1ccccc1O. The predicted molar refractivity (Wildman–Crippen MR) is 56.7 cm³/mol. The van der Waals surface area contributed by atoms with Crippen molar-refractivity contribution >= 4 is 5.70 Å². The number of hydrogen-bond donors (Lipinski definition) is 4. The standard InChI is InChI=1S/C10H13N3O/c11-8(5-6-10(12)13)7-3-1-2-4-9(7)14/h1-6,14H,11-13H2/b8-5-. The average Bonchev–Trinajstić information content (AvgIpc) is 2.15. The third-order valence-electron chi connectivity index (χ3n) is 1.67. The number of para-hydroxylation sites is 1. The second-order valence-corrected chi connectivity index (χ2v) is 2.81. The fourth-order valence-electron chi connectivity index (χ4n) is 0.994. The van der Waals surface area contributed by atoms with Crippen molar-refractivity contribution in [3.63, 3.8) is 0 Å². The summed E-state index contributed by atoms with van der Waals surface area (Å²) in [5, 5.41) is 9.44. The molecular weight excluding hydrogens is 178 g/mol. The molecule has 0 fully saturated rings. The van der Waals surface area contributed by atoms with Crippen molar-refractivity contribution in [2.75, 3.05) is 0 Å². The third-order valence-corrected chi connectivity index (χ3v) is 1.67. The Morgan fingerprint density at radius 1 is 1.07 bits per heavy atom. The van der Waals surface area contributed by atoms with Gasteiger partial charge >= 0.3 is 0 Å². The molecule has 0 aliphatic rings. The molecule has 1 aromatic carbocycles. The summed E-state index contributed by atoms with van der Waals surface area (Å²) in [7, 11) is 0. The van der Waals surface area contributed by atoms with Crippen LogP contribution < -0.4 is 17.2 Å². The van der Waals surface area contributed by atoms with E-state index in [9.17, 15) is 5.11 Å². The Balaban J connectivity index is 3.01. The van der Waals surface area contributed by atoms with Crippen molar-refractivity contribution < 1.29 is 5.11 Å². The summed E-state index contributed by atoms with van der Waals surface area (Å²) in [6.07, 6.45) is 3.02. The lowest BCUT2D eigenvalue weighted by atomic mass is 10.1. The Kier molecular flexibility index (Phi) is 3.01. The topological polar surface area (TPSA) is 98.3 Å². The monoisotopic (exact) mass is 191 g/mol. The fourth-order valence-corrected chi connectivity index (χ4v) is 0.994. The zero-order chi connectivity index (χ0) is 10.6. The minimum absolute atomic E-state index is 0.130. The molecule has 0 saturated carbocycles. The molecule has 0 radical (unpaired) electrons. The Labute approximate surface area is 82.3 Å². The van der Waals surface area contributed by atoms with Gasteiger partial charge in [0.15, 0.2) is 0 Å². The van der Waals surface area contributed by atoms with Crippen molar-refractivity contribution in [3.05, 3.63) is 47.8 Å². The van der Waals surface area contributed by atoms with Gasteiger partial charge in [-0.05, 0) is 24.3 Å². The van der Waals surface area contributed by atoms with Gasteiger partial charge in [-0.25, -0.2) is 0 Å². The lowest BCUT2D eigenvalue weighted by Crippen LogP contribution is -2.07. The molecule has 0 heterocycles. The van der Waals surface area contributed by atoms with Gasteiger partial charge < -0.3 is 22.3 Å². The van der Waals surface area contributed by atoms with Gasteiger partial charge in [0.25, 0.3) is 0 Å². The zero-order valence-electron chi connectivity index (χ0n) is 7.64. The van der Waals surface area contributed by atoms with Gasteiger partial charge in [-0.1, -0.05) is 12.1 Å². The molecule has 0 atom stereocenters. The maximum Gasteiger partial charge on any atom is 0.124 e. The van der Waals surface area contributed by atoms with Crippen LogP contribution in [0.2, 0.25) is 0 Å². The lowest BCUT2D eigenvalue weighted by Gasteiger charge is -2.02. The van der Waals surface area contributed by atoms with E-state index in [2.05, 4.69) is 0 Å². The molecule has 7 N–H and O–H groups in total. The zero-order valence-corrected chi connectivity index (χ0v) is 7.64. The highest BCUT2D eigenvalue weighted by Crippen LogP contribution is 2.20. The molecule has 74 valence electrons. The van der Waals surface area contributed by atoms with E-state index in [1.54, 1.807) is 30.3 Å². The summed E-state index contributed by atoms with van der Waals surface area (Å²) >= 11 is 0. The van der Waals surface area contributed by atoms with E-state index in [1.807, 2.05) is 0 Å². The third kappa shape index (κ3) is 2.45. The number of rotatable bonds is 2. The molecule has 1 aromatic rings. The Morgan fingerprint density at radius 2 is 1.71 bits per heavy atom. The lowest BCUT2D eigenvalue weighted by molar-refractivity contribution is 0.473. The molecule has 0 saturated heterocycles. The maximum atomic E-state index is 9.44. The van der Waals surface area contributed by atoms with Gasteiger partial charge in [-0.3, -0.25) is 0 Å². The summed E-state index contributed by atoms with van der Waals surface area (Å²) in [4.78, 5) is 0. The van der Waals surface area contributed by atoms with Gasteiger partial charge in [0.2, 0.25) is 0 Å². The number of aromatic hydroxyl groups is 1. The van der Waals surface area contributed by atoms with Crippen molar-refractivity contribution in [2.24, 2.45) is 17.2 Å². The number of benzene rings is 1. The molecule has 0 aliphatic heterocycles. The second-order valence-electron chi connectivity index (χ2n) is 2.81. The van der Waals surface area contributed by atoms with Crippen LogP contribution >= 0.6 is 0 Å². The van der Waals surface area contributed by atoms with E-state index < -0.39 is 0 Å². The van der Waals surface area contributed by atoms with Crippen LogP contribution in [0.5, 0.6) is 5.75 Å².